The highest BCUT2D eigenvalue weighted by atomic mass is 35.5. The van der Waals surface area contributed by atoms with E-state index in [1.54, 1.807) is 13.2 Å². The average Bonchev–Trinajstić information content (AvgIpc) is 3.81. The number of pyridine rings is 1. The van der Waals surface area contributed by atoms with E-state index in [1.165, 1.54) is 12.7 Å². The van der Waals surface area contributed by atoms with Crippen LogP contribution < -0.4 is 20.1 Å². The largest absolute Gasteiger partial charge is 0.480 e. The van der Waals surface area contributed by atoms with Gasteiger partial charge in [0.05, 0.1) is 25.9 Å². The highest BCUT2D eigenvalue weighted by Gasteiger charge is 2.47. The van der Waals surface area contributed by atoms with E-state index in [0.717, 1.165) is 63.4 Å². The number of halogens is 2. The maximum Gasteiger partial charge on any atom is 0.319 e. The Balaban J connectivity index is 1.38. The van der Waals surface area contributed by atoms with Crippen LogP contribution in [-0.4, -0.2) is 98.4 Å². The molecule has 250 valence electrons. The molecule has 1 aromatic carbocycles. The van der Waals surface area contributed by atoms with E-state index >= 15 is 4.39 Å². The SMILES string of the molecule is COC/C=C1\CN2CCCC2(COc2nc(N3CCCOCC3)c3c(OC)nc(-c4c(C=N)c(N)cc(Cl)c4C4CC4)c(F)c3n2)C1. The van der Waals surface area contributed by atoms with E-state index in [9.17, 15) is 0 Å². The van der Waals surface area contributed by atoms with Crippen molar-refractivity contribution in [2.45, 2.75) is 50.0 Å². The Bertz CT molecular complexity index is 1730. The Morgan fingerprint density at radius 3 is 2.79 bits per heavy atom. The Morgan fingerprint density at radius 1 is 1.17 bits per heavy atom. The summed E-state index contributed by atoms with van der Waals surface area (Å²) in [4.78, 5) is 18.9. The molecule has 4 aliphatic rings. The van der Waals surface area contributed by atoms with Crippen LogP contribution in [-0.2, 0) is 9.47 Å². The molecule has 5 heterocycles. The van der Waals surface area contributed by atoms with Crippen LogP contribution in [0.15, 0.2) is 17.7 Å². The van der Waals surface area contributed by atoms with Gasteiger partial charge in [-0.25, -0.2) is 9.37 Å². The summed E-state index contributed by atoms with van der Waals surface area (Å²) >= 11 is 6.73. The quantitative estimate of drug-likeness (QED) is 0.166. The summed E-state index contributed by atoms with van der Waals surface area (Å²) in [6, 6.07) is 1.72. The van der Waals surface area contributed by atoms with Crippen molar-refractivity contribution in [1.29, 1.82) is 5.41 Å². The minimum atomic E-state index is -0.668. The Hall–Kier alpha value is -3.58. The molecule has 0 amide bonds. The van der Waals surface area contributed by atoms with Crippen molar-refractivity contribution in [2.24, 2.45) is 0 Å². The van der Waals surface area contributed by atoms with Crippen molar-refractivity contribution in [1.82, 2.24) is 19.9 Å². The van der Waals surface area contributed by atoms with E-state index in [0.29, 0.717) is 66.9 Å². The fraction of sp³-hybridized carbons (Fsp3) is 0.529. The molecule has 11 nitrogen and oxygen atoms in total. The summed E-state index contributed by atoms with van der Waals surface area (Å²) in [7, 11) is 3.20. The van der Waals surface area contributed by atoms with Crippen LogP contribution in [0.4, 0.5) is 15.9 Å². The van der Waals surface area contributed by atoms with E-state index < -0.39 is 5.82 Å². The molecule has 0 bridgehead atoms. The van der Waals surface area contributed by atoms with Gasteiger partial charge in [0.2, 0.25) is 5.88 Å². The van der Waals surface area contributed by atoms with Crippen molar-refractivity contribution in [2.75, 3.05) is 77.5 Å². The van der Waals surface area contributed by atoms with Gasteiger partial charge in [0, 0.05) is 61.4 Å². The molecule has 1 unspecified atom stereocenters. The lowest BCUT2D eigenvalue weighted by Gasteiger charge is -2.31. The number of fused-ring (bicyclic) bond motifs is 2. The second-order valence-electron chi connectivity index (χ2n) is 12.9. The minimum absolute atomic E-state index is 0.0111. The number of anilines is 2. The van der Waals surface area contributed by atoms with Crippen LogP contribution in [0.2, 0.25) is 5.02 Å². The number of ether oxygens (including phenoxy) is 4. The number of nitrogens with zero attached hydrogens (tertiary/aromatic N) is 5. The number of nitrogens with one attached hydrogen (secondary N) is 1. The van der Waals surface area contributed by atoms with Crippen LogP contribution in [0.1, 0.15) is 55.6 Å². The molecule has 47 heavy (non-hydrogen) atoms. The van der Waals surface area contributed by atoms with Crippen molar-refractivity contribution in [3.8, 4) is 23.1 Å². The first-order valence-electron chi connectivity index (χ1n) is 16.3. The lowest BCUT2D eigenvalue weighted by atomic mass is 9.93. The third kappa shape index (κ3) is 5.90. The van der Waals surface area contributed by atoms with Crippen LogP contribution >= 0.6 is 11.6 Å². The van der Waals surface area contributed by atoms with Crippen LogP contribution in [0.3, 0.4) is 0 Å². The lowest BCUT2D eigenvalue weighted by molar-refractivity contribution is 0.108. The monoisotopic (exact) mass is 665 g/mol. The number of rotatable bonds is 10. The van der Waals surface area contributed by atoms with Crippen molar-refractivity contribution >= 4 is 40.2 Å². The number of nitrogen functional groups attached to an aromatic ring is 1. The van der Waals surface area contributed by atoms with Gasteiger partial charge in [0.25, 0.3) is 0 Å². The van der Waals surface area contributed by atoms with Crippen LogP contribution in [0.25, 0.3) is 22.2 Å². The molecule has 3 saturated heterocycles. The number of benzene rings is 1. The van der Waals surface area contributed by atoms with Gasteiger partial charge in [0.15, 0.2) is 5.82 Å². The summed E-state index contributed by atoms with van der Waals surface area (Å²) in [5.74, 6) is 0.111. The topological polar surface area (TPSA) is 132 Å². The van der Waals surface area contributed by atoms with Gasteiger partial charge in [-0.1, -0.05) is 23.3 Å². The Labute approximate surface area is 278 Å². The van der Waals surface area contributed by atoms with Gasteiger partial charge in [-0.15, -0.1) is 0 Å². The van der Waals surface area contributed by atoms with E-state index in [1.807, 2.05) is 0 Å². The zero-order chi connectivity index (χ0) is 32.7. The van der Waals surface area contributed by atoms with E-state index in [2.05, 4.69) is 15.9 Å². The number of methoxy groups -OCH3 is 2. The minimum Gasteiger partial charge on any atom is -0.480 e. The molecular weight excluding hydrogens is 625 g/mol. The number of hydrogen-bond acceptors (Lipinski definition) is 11. The number of aromatic nitrogens is 3. The second-order valence-corrected chi connectivity index (χ2v) is 13.3. The molecule has 1 saturated carbocycles. The molecule has 3 N–H and O–H groups in total. The molecule has 3 aliphatic heterocycles. The molecular formula is C34H41ClFN7O4. The summed E-state index contributed by atoms with van der Waals surface area (Å²) in [5.41, 5.74) is 9.28. The third-order valence-electron chi connectivity index (χ3n) is 9.88. The first-order valence-corrected chi connectivity index (χ1v) is 16.7. The smallest absolute Gasteiger partial charge is 0.319 e. The molecule has 0 radical (unpaired) electrons. The fourth-order valence-electron chi connectivity index (χ4n) is 7.47. The van der Waals surface area contributed by atoms with Gasteiger partial charge in [-0.2, -0.15) is 9.97 Å². The molecule has 1 atom stereocenters. The maximum absolute atomic E-state index is 17.2. The van der Waals surface area contributed by atoms with Gasteiger partial charge < -0.3 is 35.0 Å². The molecule has 1 aliphatic carbocycles. The summed E-state index contributed by atoms with van der Waals surface area (Å²) < 4.78 is 40.5. The average molecular weight is 666 g/mol. The zero-order valence-corrected chi connectivity index (χ0v) is 27.7. The van der Waals surface area contributed by atoms with Crippen molar-refractivity contribution in [3.05, 3.63) is 39.7 Å². The predicted octanol–water partition coefficient (Wildman–Crippen LogP) is 5.37. The highest BCUT2D eigenvalue weighted by Crippen LogP contribution is 2.51. The normalized spacial score (nSPS) is 22.6. The summed E-state index contributed by atoms with van der Waals surface area (Å²) in [5, 5.41) is 8.98. The standard InChI is InChI=1S/C34H41ClFN7O4/c1-44-13-7-20-16-34(8-3-10-43(34)18-20)19-47-33-40-30-27(31(41-33)42-9-4-12-46-14-11-42)32(45-2)39-29(28(30)36)26-22(17-37)24(38)15-23(35)25(26)21-5-6-21/h7,15,17,21,37H,3-6,8-14,16,18-19,38H2,1-2H3/b20-7-,37-17?. The van der Waals surface area contributed by atoms with Crippen molar-refractivity contribution in [3.63, 3.8) is 0 Å². The maximum atomic E-state index is 17.2. The predicted molar refractivity (Wildman–Crippen MR) is 180 cm³/mol. The molecule has 2 aromatic heterocycles. The summed E-state index contributed by atoms with van der Waals surface area (Å²) in [6.07, 6.45) is 8.83. The Kier molecular flexibility index (Phi) is 8.94. The van der Waals surface area contributed by atoms with Gasteiger partial charge in [-0.05, 0) is 62.6 Å². The fourth-order valence-corrected chi connectivity index (χ4v) is 7.83. The first kappa shape index (κ1) is 32.0. The first-order chi connectivity index (χ1) is 22.9. The third-order valence-corrected chi connectivity index (χ3v) is 10.2. The zero-order valence-electron chi connectivity index (χ0n) is 26.9. The molecule has 13 heteroatoms. The van der Waals surface area contributed by atoms with Gasteiger partial charge in [-0.3, -0.25) is 4.90 Å². The van der Waals surface area contributed by atoms with Gasteiger partial charge in [0.1, 0.15) is 29.0 Å². The summed E-state index contributed by atoms with van der Waals surface area (Å²) in [6.45, 7) is 5.16. The van der Waals surface area contributed by atoms with Crippen LogP contribution in [0.5, 0.6) is 11.9 Å². The van der Waals surface area contributed by atoms with E-state index in [-0.39, 0.29) is 40.2 Å². The van der Waals surface area contributed by atoms with Crippen LogP contribution in [0, 0.1) is 11.2 Å². The Morgan fingerprint density at radius 2 is 2.02 bits per heavy atom. The molecule has 3 aromatic rings. The molecule has 7 rings (SSSR count). The van der Waals surface area contributed by atoms with Gasteiger partial charge >= 0.3 is 6.01 Å². The molecule has 0 spiro atoms. The second kappa shape index (κ2) is 13.1. The lowest BCUT2D eigenvalue weighted by Crippen LogP contribution is -2.43. The highest BCUT2D eigenvalue weighted by molar-refractivity contribution is 6.32. The molecule has 4 fully saturated rings. The van der Waals surface area contributed by atoms with Crippen molar-refractivity contribution < 1.29 is 23.3 Å². The number of nitrogens with two attached hydrogens (primary N) is 1. The number of hydrogen-bond donors (Lipinski definition) is 2. The van der Waals surface area contributed by atoms with E-state index in [4.69, 9.17) is 56.6 Å².